The van der Waals surface area contributed by atoms with Crippen LogP contribution in [0.15, 0.2) is 42.5 Å². The molecule has 8 heteroatoms. The van der Waals surface area contributed by atoms with E-state index in [0.29, 0.717) is 26.4 Å². The number of aromatic nitrogens is 2. The summed E-state index contributed by atoms with van der Waals surface area (Å²) in [5.74, 6) is 0.298. The van der Waals surface area contributed by atoms with Crippen LogP contribution in [0.4, 0.5) is 5.69 Å². The van der Waals surface area contributed by atoms with Crippen molar-refractivity contribution in [2.75, 3.05) is 12.4 Å². The first-order chi connectivity index (χ1) is 13.9. The van der Waals surface area contributed by atoms with Gasteiger partial charge in [-0.15, -0.1) is 11.3 Å². The van der Waals surface area contributed by atoms with Gasteiger partial charge in [-0.1, -0.05) is 23.2 Å². The summed E-state index contributed by atoms with van der Waals surface area (Å²) in [6.45, 7) is 3.80. The SMILES string of the molecule is COc1cc(Cl)c(C)cc1NC(=O)c1cc2c(C)nn(-c3ccc(Cl)cc3)c2s1. The molecule has 5 nitrogen and oxygen atoms in total. The van der Waals surface area contributed by atoms with E-state index in [-0.39, 0.29) is 5.91 Å². The molecule has 2 aromatic heterocycles. The lowest BCUT2D eigenvalue weighted by atomic mass is 10.2. The fourth-order valence-corrected chi connectivity index (χ4v) is 4.39. The van der Waals surface area contributed by atoms with E-state index in [1.807, 2.05) is 48.9 Å². The van der Waals surface area contributed by atoms with E-state index >= 15 is 0 Å². The molecule has 0 saturated heterocycles. The molecule has 0 radical (unpaired) electrons. The number of hydrogen-bond acceptors (Lipinski definition) is 4. The van der Waals surface area contributed by atoms with Crippen molar-refractivity contribution in [2.45, 2.75) is 13.8 Å². The number of carbonyl (C=O) groups excluding carboxylic acids is 1. The summed E-state index contributed by atoms with van der Waals surface area (Å²) in [7, 11) is 1.54. The van der Waals surface area contributed by atoms with Crippen molar-refractivity contribution < 1.29 is 9.53 Å². The van der Waals surface area contributed by atoms with Crippen LogP contribution in [0.2, 0.25) is 10.0 Å². The third kappa shape index (κ3) is 3.71. The molecule has 0 aliphatic carbocycles. The third-order valence-electron chi connectivity index (χ3n) is 4.57. The van der Waals surface area contributed by atoms with Crippen LogP contribution < -0.4 is 10.1 Å². The van der Waals surface area contributed by atoms with E-state index in [9.17, 15) is 4.79 Å². The van der Waals surface area contributed by atoms with Gasteiger partial charge in [0.25, 0.3) is 5.91 Å². The number of rotatable bonds is 4. The maximum absolute atomic E-state index is 12.9. The number of thiophene rings is 1. The highest BCUT2D eigenvalue weighted by Gasteiger charge is 2.19. The van der Waals surface area contributed by atoms with Crippen LogP contribution in [0.1, 0.15) is 20.9 Å². The van der Waals surface area contributed by atoms with E-state index in [1.165, 1.54) is 11.3 Å². The molecule has 0 unspecified atom stereocenters. The Balaban J connectivity index is 1.70. The second-order valence-electron chi connectivity index (χ2n) is 6.56. The number of nitrogens with zero attached hydrogens (tertiary/aromatic N) is 2. The van der Waals surface area contributed by atoms with Crippen molar-refractivity contribution in [2.24, 2.45) is 0 Å². The highest BCUT2D eigenvalue weighted by atomic mass is 35.5. The topological polar surface area (TPSA) is 56.1 Å². The second-order valence-corrected chi connectivity index (χ2v) is 8.43. The number of aryl methyl sites for hydroxylation is 2. The summed E-state index contributed by atoms with van der Waals surface area (Å²) < 4.78 is 7.18. The third-order valence-corrected chi connectivity index (χ3v) is 6.34. The van der Waals surface area contributed by atoms with Crippen LogP contribution >= 0.6 is 34.5 Å². The Morgan fingerprint density at radius 3 is 2.55 bits per heavy atom. The number of benzene rings is 2. The molecule has 1 amide bonds. The minimum absolute atomic E-state index is 0.215. The molecule has 4 aromatic rings. The van der Waals surface area contributed by atoms with E-state index < -0.39 is 0 Å². The lowest BCUT2D eigenvalue weighted by Gasteiger charge is -2.11. The quantitative estimate of drug-likeness (QED) is 0.402. The number of ether oxygens (including phenoxy) is 1. The minimum atomic E-state index is -0.215. The predicted octanol–water partition coefficient (Wildman–Crippen LogP) is 6.27. The summed E-state index contributed by atoms with van der Waals surface area (Å²) in [6, 6.07) is 12.8. The van der Waals surface area contributed by atoms with Gasteiger partial charge in [-0.2, -0.15) is 5.10 Å². The lowest BCUT2D eigenvalue weighted by molar-refractivity contribution is 0.103. The average Bonchev–Trinajstić information content (AvgIpc) is 3.26. The molecule has 4 rings (SSSR count). The fourth-order valence-electron chi connectivity index (χ4n) is 3.03. The van der Waals surface area contributed by atoms with Crippen molar-refractivity contribution in [3.63, 3.8) is 0 Å². The highest BCUT2D eigenvalue weighted by molar-refractivity contribution is 7.20. The normalized spacial score (nSPS) is 11.1. The summed E-state index contributed by atoms with van der Waals surface area (Å²) in [5.41, 5.74) is 3.17. The second kappa shape index (κ2) is 7.71. The molecule has 0 fully saturated rings. The van der Waals surface area contributed by atoms with E-state index in [0.717, 1.165) is 27.2 Å². The van der Waals surface area contributed by atoms with Crippen molar-refractivity contribution in [3.05, 3.63) is 68.6 Å². The van der Waals surface area contributed by atoms with E-state index in [1.54, 1.807) is 19.2 Å². The van der Waals surface area contributed by atoms with Gasteiger partial charge in [0.2, 0.25) is 0 Å². The van der Waals surface area contributed by atoms with E-state index in [4.69, 9.17) is 27.9 Å². The summed E-state index contributed by atoms with van der Waals surface area (Å²) in [5, 5.41) is 9.71. The predicted molar refractivity (Wildman–Crippen MR) is 119 cm³/mol. The first kappa shape index (κ1) is 19.8. The van der Waals surface area contributed by atoms with Gasteiger partial charge in [-0.25, -0.2) is 4.68 Å². The maximum atomic E-state index is 12.9. The van der Waals surface area contributed by atoms with Gasteiger partial charge >= 0.3 is 0 Å². The molecule has 2 aromatic carbocycles. The number of amides is 1. The molecule has 2 heterocycles. The lowest BCUT2D eigenvalue weighted by Crippen LogP contribution is -2.11. The number of halogens is 2. The Bertz CT molecular complexity index is 1230. The van der Waals surface area contributed by atoms with Crippen LogP contribution in [0, 0.1) is 13.8 Å². The molecule has 0 spiro atoms. The number of nitrogens with one attached hydrogen (secondary N) is 1. The summed E-state index contributed by atoms with van der Waals surface area (Å²) >= 11 is 13.5. The number of carbonyl (C=O) groups is 1. The molecule has 0 aliphatic rings. The highest BCUT2D eigenvalue weighted by Crippen LogP contribution is 2.34. The molecular weight excluding hydrogens is 429 g/mol. The average molecular weight is 446 g/mol. The zero-order chi connectivity index (χ0) is 20.7. The molecule has 0 aliphatic heterocycles. The van der Waals surface area contributed by atoms with Gasteiger partial charge in [0, 0.05) is 21.5 Å². The first-order valence-electron chi connectivity index (χ1n) is 8.78. The Kier molecular flexibility index (Phi) is 5.25. The number of fused-ring (bicyclic) bond motifs is 1. The van der Waals surface area contributed by atoms with Crippen LogP contribution in [0.3, 0.4) is 0 Å². The summed E-state index contributed by atoms with van der Waals surface area (Å²) in [6.07, 6.45) is 0. The number of hydrogen-bond donors (Lipinski definition) is 1. The van der Waals surface area contributed by atoms with Gasteiger partial charge in [-0.05, 0) is 55.8 Å². The van der Waals surface area contributed by atoms with Gasteiger partial charge in [0.05, 0.1) is 29.1 Å². The standard InChI is InChI=1S/C21H17Cl2N3O2S/c1-11-8-17(18(28-3)10-16(11)23)24-20(27)19-9-15-12(2)25-26(21(15)29-19)14-6-4-13(22)5-7-14/h4-10H,1-3H3,(H,24,27). The summed E-state index contributed by atoms with van der Waals surface area (Å²) in [4.78, 5) is 14.4. The van der Waals surface area contributed by atoms with Crippen molar-refractivity contribution in [1.82, 2.24) is 9.78 Å². The Morgan fingerprint density at radius 2 is 1.86 bits per heavy atom. The Hall–Kier alpha value is -2.54. The fraction of sp³-hybridized carbons (Fsp3) is 0.143. The van der Waals surface area contributed by atoms with Crippen LogP contribution in [0.25, 0.3) is 15.9 Å². The molecule has 29 heavy (non-hydrogen) atoms. The minimum Gasteiger partial charge on any atom is -0.495 e. The number of methoxy groups -OCH3 is 1. The molecule has 148 valence electrons. The molecule has 0 atom stereocenters. The maximum Gasteiger partial charge on any atom is 0.265 e. The Morgan fingerprint density at radius 1 is 1.14 bits per heavy atom. The van der Waals surface area contributed by atoms with Crippen LogP contribution in [0.5, 0.6) is 5.75 Å². The molecular formula is C21H17Cl2N3O2S. The molecule has 0 bridgehead atoms. The van der Waals surface area contributed by atoms with Crippen LogP contribution in [-0.2, 0) is 0 Å². The largest absolute Gasteiger partial charge is 0.495 e. The number of anilines is 1. The zero-order valence-corrected chi connectivity index (χ0v) is 18.2. The molecule has 1 N–H and O–H groups in total. The van der Waals surface area contributed by atoms with Crippen molar-refractivity contribution >= 4 is 56.3 Å². The van der Waals surface area contributed by atoms with Crippen LogP contribution in [-0.4, -0.2) is 22.8 Å². The van der Waals surface area contributed by atoms with Gasteiger partial charge < -0.3 is 10.1 Å². The zero-order valence-electron chi connectivity index (χ0n) is 15.9. The monoisotopic (exact) mass is 445 g/mol. The molecule has 0 saturated carbocycles. The van der Waals surface area contributed by atoms with Gasteiger partial charge in [-0.3, -0.25) is 4.79 Å². The Labute approximate surface area is 181 Å². The van der Waals surface area contributed by atoms with Crippen molar-refractivity contribution in [3.8, 4) is 11.4 Å². The van der Waals surface area contributed by atoms with Gasteiger partial charge in [0.1, 0.15) is 10.6 Å². The van der Waals surface area contributed by atoms with Crippen molar-refractivity contribution in [1.29, 1.82) is 0 Å². The smallest absolute Gasteiger partial charge is 0.265 e. The van der Waals surface area contributed by atoms with E-state index in [2.05, 4.69) is 10.4 Å². The first-order valence-corrected chi connectivity index (χ1v) is 10.3. The van der Waals surface area contributed by atoms with Gasteiger partial charge in [0.15, 0.2) is 0 Å².